The molecule has 4 bridgehead atoms. The number of hydrogen-bond acceptors (Lipinski definition) is 2. The van der Waals surface area contributed by atoms with Crippen LogP contribution in [0.4, 0.5) is 11.4 Å². The zero-order valence-electron chi connectivity index (χ0n) is 15.1. The van der Waals surface area contributed by atoms with Crippen molar-refractivity contribution in [2.24, 2.45) is 0 Å². The Morgan fingerprint density at radius 1 is 0.692 bits per heavy atom. The molecule has 0 aliphatic heterocycles. The first-order chi connectivity index (χ1) is 12.6. The molecule has 0 atom stereocenters. The zero-order valence-corrected chi connectivity index (χ0v) is 16.7. The van der Waals surface area contributed by atoms with E-state index in [1.165, 1.54) is 22.3 Å². The van der Waals surface area contributed by atoms with Gasteiger partial charge in [0.25, 0.3) is 0 Å². The van der Waals surface area contributed by atoms with Crippen LogP contribution < -0.4 is 21.3 Å². The van der Waals surface area contributed by atoms with Crippen LogP contribution in [0.1, 0.15) is 22.3 Å². The van der Waals surface area contributed by atoms with Crippen LogP contribution in [0.3, 0.4) is 0 Å². The van der Waals surface area contributed by atoms with E-state index in [-0.39, 0.29) is 0 Å². The Morgan fingerprint density at radius 2 is 1.12 bits per heavy atom. The van der Waals surface area contributed by atoms with Gasteiger partial charge >= 0.3 is 0 Å². The van der Waals surface area contributed by atoms with E-state index in [2.05, 4.69) is 57.7 Å². The number of aryl methyl sites for hydroxylation is 4. The zero-order chi connectivity index (χ0) is 18.5. The van der Waals surface area contributed by atoms with Crippen molar-refractivity contribution in [2.45, 2.75) is 25.7 Å². The lowest BCUT2D eigenvalue weighted by Gasteiger charge is -2.18. The molecule has 6 heteroatoms. The fourth-order valence-electron chi connectivity index (χ4n) is 3.15. The van der Waals surface area contributed by atoms with Crippen molar-refractivity contribution >= 4 is 46.0 Å². The molecular formula is C20H24N4S2. The number of nitrogens with one attached hydrogen (secondary N) is 4. The largest absolute Gasteiger partial charge is 0.366 e. The molecule has 2 aromatic rings. The van der Waals surface area contributed by atoms with E-state index in [4.69, 9.17) is 24.4 Å². The lowest BCUT2D eigenvalue weighted by molar-refractivity contribution is 0.925. The monoisotopic (exact) mass is 384 g/mol. The van der Waals surface area contributed by atoms with Crippen LogP contribution in [0.15, 0.2) is 36.4 Å². The fraction of sp³-hybridized carbons (Fsp3) is 0.300. The van der Waals surface area contributed by atoms with Gasteiger partial charge in [-0.2, -0.15) is 0 Å². The standard InChI is InChI=1S/C20H24N4S2/c1-21-19(25)23-17-11-13-3-7-15(17)9-5-14-4-8-16(10-6-13)18(12-14)24-20(26)22-2/h3-4,7-8,11-12H,5-6,9-10H2,1-2H3,(H2,21,23,25)(H2,22,24,26). The maximum atomic E-state index is 5.29. The van der Waals surface area contributed by atoms with Gasteiger partial charge in [-0.25, -0.2) is 0 Å². The van der Waals surface area contributed by atoms with E-state index in [1.54, 1.807) is 0 Å². The summed E-state index contributed by atoms with van der Waals surface area (Å²) in [6.45, 7) is 0. The summed E-state index contributed by atoms with van der Waals surface area (Å²) >= 11 is 10.6. The van der Waals surface area contributed by atoms with Gasteiger partial charge in [-0.1, -0.05) is 24.3 Å². The summed E-state index contributed by atoms with van der Waals surface area (Å²) in [5.74, 6) is 0. The third kappa shape index (κ3) is 4.51. The summed E-state index contributed by atoms with van der Waals surface area (Å²) in [4.78, 5) is 0. The third-order valence-electron chi connectivity index (χ3n) is 4.67. The highest BCUT2D eigenvalue weighted by Crippen LogP contribution is 2.26. The molecule has 0 fully saturated rings. The van der Waals surface area contributed by atoms with Gasteiger partial charge in [0, 0.05) is 25.5 Å². The molecule has 0 radical (unpaired) electrons. The third-order valence-corrected chi connectivity index (χ3v) is 5.28. The molecule has 4 aliphatic rings. The molecule has 4 nitrogen and oxygen atoms in total. The van der Waals surface area contributed by atoms with Crippen LogP contribution in [0.2, 0.25) is 0 Å². The summed E-state index contributed by atoms with van der Waals surface area (Å²) in [5.41, 5.74) is 7.34. The molecule has 0 unspecified atom stereocenters. The highest BCUT2D eigenvalue weighted by atomic mass is 32.1. The Balaban J connectivity index is 1.92. The molecule has 6 rings (SSSR count). The summed E-state index contributed by atoms with van der Waals surface area (Å²) in [6.07, 6.45) is 3.82. The average Bonchev–Trinajstić information content (AvgIpc) is 2.64. The van der Waals surface area contributed by atoms with Crippen molar-refractivity contribution in [3.05, 3.63) is 58.7 Å². The number of hydrogen-bond donors (Lipinski definition) is 4. The van der Waals surface area contributed by atoms with E-state index < -0.39 is 0 Å². The molecule has 0 aromatic heterocycles. The lowest BCUT2D eigenvalue weighted by Crippen LogP contribution is -2.25. The lowest BCUT2D eigenvalue weighted by atomic mass is 9.94. The summed E-state index contributed by atoms with van der Waals surface area (Å²) in [5, 5.41) is 13.9. The molecule has 136 valence electrons. The van der Waals surface area contributed by atoms with Crippen LogP contribution in [0.25, 0.3) is 0 Å². The van der Waals surface area contributed by atoms with Gasteiger partial charge in [0.2, 0.25) is 0 Å². The first kappa shape index (κ1) is 18.6. The highest BCUT2D eigenvalue weighted by Gasteiger charge is 2.12. The fourth-order valence-corrected chi connectivity index (χ4v) is 3.37. The maximum Gasteiger partial charge on any atom is 0.170 e. The van der Waals surface area contributed by atoms with E-state index in [9.17, 15) is 0 Å². The van der Waals surface area contributed by atoms with Crippen molar-refractivity contribution in [3.8, 4) is 0 Å². The van der Waals surface area contributed by atoms with Crippen molar-refractivity contribution < 1.29 is 0 Å². The minimum absolute atomic E-state index is 0.644. The molecule has 0 heterocycles. The second-order valence-corrected chi connectivity index (χ2v) is 7.21. The van der Waals surface area contributed by atoms with E-state index >= 15 is 0 Å². The minimum Gasteiger partial charge on any atom is -0.366 e. The van der Waals surface area contributed by atoms with Crippen LogP contribution in [0.5, 0.6) is 0 Å². The number of thiocarbonyl (C=S) groups is 2. The number of anilines is 2. The van der Waals surface area contributed by atoms with Gasteiger partial charge in [-0.3, -0.25) is 0 Å². The minimum atomic E-state index is 0.644. The Labute approximate surface area is 165 Å². The van der Waals surface area contributed by atoms with Crippen molar-refractivity contribution in [3.63, 3.8) is 0 Å². The molecule has 2 aromatic carbocycles. The first-order valence-corrected chi connectivity index (χ1v) is 9.62. The maximum absolute atomic E-state index is 5.29. The molecule has 4 N–H and O–H groups in total. The summed E-state index contributed by atoms with van der Waals surface area (Å²) in [6, 6.07) is 13.3. The van der Waals surface area contributed by atoms with Gasteiger partial charge in [-0.05, 0) is 84.5 Å². The normalized spacial score (nSPS) is 12.7. The predicted molar refractivity (Wildman–Crippen MR) is 118 cm³/mol. The molecular weight excluding hydrogens is 360 g/mol. The van der Waals surface area contributed by atoms with Crippen LogP contribution in [-0.2, 0) is 25.7 Å². The molecule has 4 aliphatic carbocycles. The smallest absolute Gasteiger partial charge is 0.170 e. The van der Waals surface area contributed by atoms with Gasteiger partial charge < -0.3 is 21.3 Å². The average molecular weight is 385 g/mol. The van der Waals surface area contributed by atoms with E-state index in [0.717, 1.165) is 37.1 Å². The molecule has 0 saturated carbocycles. The van der Waals surface area contributed by atoms with Crippen molar-refractivity contribution in [2.75, 3.05) is 24.7 Å². The topological polar surface area (TPSA) is 48.1 Å². The SMILES string of the molecule is CNC(=S)Nc1cc2ccc1CCc1ccc(c(NC(=S)NC)c1)CC2. The Morgan fingerprint density at radius 3 is 1.50 bits per heavy atom. The van der Waals surface area contributed by atoms with Crippen LogP contribution in [0, 0.1) is 0 Å². The first-order valence-electron chi connectivity index (χ1n) is 8.80. The van der Waals surface area contributed by atoms with Gasteiger partial charge in [0.15, 0.2) is 10.2 Å². The molecule has 0 amide bonds. The molecule has 0 spiro atoms. The second kappa shape index (κ2) is 8.47. The van der Waals surface area contributed by atoms with Gasteiger partial charge in [-0.15, -0.1) is 0 Å². The summed E-state index contributed by atoms with van der Waals surface area (Å²) in [7, 11) is 3.67. The number of benzene rings is 2. The van der Waals surface area contributed by atoms with Crippen molar-refractivity contribution in [1.82, 2.24) is 10.6 Å². The Bertz CT molecular complexity index is 763. The number of rotatable bonds is 2. The van der Waals surface area contributed by atoms with Crippen LogP contribution >= 0.6 is 24.4 Å². The van der Waals surface area contributed by atoms with Gasteiger partial charge in [0.05, 0.1) is 0 Å². The highest BCUT2D eigenvalue weighted by molar-refractivity contribution is 7.80. The van der Waals surface area contributed by atoms with E-state index in [1.807, 2.05) is 14.1 Å². The second-order valence-electron chi connectivity index (χ2n) is 6.39. The quantitative estimate of drug-likeness (QED) is 0.596. The van der Waals surface area contributed by atoms with Crippen LogP contribution in [-0.4, -0.2) is 24.3 Å². The van der Waals surface area contributed by atoms with E-state index in [0.29, 0.717) is 10.2 Å². The predicted octanol–water partition coefficient (Wildman–Crippen LogP) is 3.40. The van der Waals surface area contributed by atoms with Gasteiger partial charge in [0.1, 0.15) is 0 Å². The summed E-state index contributed by atoms with van der Waals surface area (Å²) < 4.78 is 0. The molecule has 26 heavy (non-hydrogen) atoms. The Kier molecular flexibility index (Phi) is 6.06. The molecule has 0 saturated heterocycles. The van der Waals surface area contributed by atoms with Crippen molar-refractivity contribution in [1.29, 1.82) is 0 Å². The Hall–Kier alpha value is -2.18.